The Morgan fingerprint density at radius 3 is 2.57 bits per heavy atom. The van der Waals surface area contributed by atoms with Crippen molar-refractivity contribution in [3.63, 3.8) is 0 Å². The summed E-state index contributed by atoms with van der Waals surface area (Å²) in [5, 5.41) is 13.1. The summed E-state index contributed by atoms with van der Waals surface area (Å²) in [6.07, 6.45) is 0. The van der Waals surface area contributed by atoms with Crippen LogP contribution in [0.1, 0.15) is 17.0 Å². The highest BCUT2D eigenvalue weighted by molar-refractivity contribution is 5.53. The minimum absolute atomic E-state index is 0.0812. The largest absolute Gasteiger partial charge is 0.361 e. The van der Waals surface area contributed by atoms with E-state index in [2.05, 4.69) is 5.16 Å². The standard InChI is InChI=1S/C13H15N5O3/c1-8-5-9(15-21-8)7-16(2)11-10(6-14)12(19)18(4)13(20)17(11)3/h5H,7H2,1-4H3. The topological polar surface area (TPSA) is 97.1 Å². The van der Waals surface area contributed by atoms with E-state index < -0.39 is 11.2 Å². The van der Waals surface area contributed by atoms with Gasteiger partial charge in [0, 0.05) is 27.2 Å². The molecule has 0 radical (unpaired) electrons. The lowest BCUT2D eigenvalue weighted by atomic mass is 10.2. The average Bonchev–Trinajstić information content (AvgIpc) is 2.85. The number of hydrogen-bond acceptors (Lipinski definition) is 6. The highest BCUT2D eigenvalue weighted by Gasteiger charge is 2.19. The summed E-state index contributed by atoms with van der Waals surface area (Å²) in [7, 11) is 4.54. The number of anilines is 1. The molecule has 0 N–H and O–H groups in total. The average molecular weight is 289 g/mol. The number of nitriles is 1. The van der Waals surface area contributed by atoms with Crippen molar-refractivity contribution < 1.29 is 4.52 Å². The fraction of sp³-hybridized carbons (Fsp3) is 0.385. The Kier molecular flexibility index (Phi) is 3.67. The Labute approximate surface area is 120 Å². The number of nitrogens with zero attached hydrogens (tertiary/aromatic N) is 5. The van der Waals surface area contributed by atoms with Gasteiger partial charge in [-0.3, -0.25) is 13.9 Å². The molecule has 0 bridgehead atoms. The molecule has 0 fully saturated rings. The minimum Gasteiger partial charge on any atom is -0.361 e. The lowest BCUT2D eigenvalue weighted by Crippen LogP contribution is -2.41. The van der Waals surface area contributed by atoms with Gasteiger partial charge in [0.2, 0.25) is 0 Å². The van der Waals surface area contributed by atoms with Crippen LogP contribution in [0.3, 0.4) is 0 Å². The molecule has 0 saturated carbocycles. The van der Waals surface area contributed by atoms with E-state index in [0.717, 1.165) is 4.57 Å². The van der Waals surface area contributed by atoms with Crippen molar-refractivity contribution in [2.45, 2.75) is 13.5 Å². The van der Waals surface area contributed by atoms with Crippen molar-refractivity contribution in [2.24, 2.45) is 14.1 Å². The lowest BCUT2D eigenvalue weighted by Gasteiger charge is -2.22. The number of aromatic nitrogens is 3. The van der Waals surface area contributed by atoms with E-state index in [4.69, 9.17) is 4.52 Å². The van der Waals surface area contributed by atoms with Crippen molar-refractivity contribution in [3.8, 4) is 6.07 Å². The Bertz CT molecular complexity index is 837. The van der Waals surface area contributed by atoms with E-state index in [9.17, 15) is 14.9 Å². The molecule has 0 atom stereocenters. The van der Waals surface area contributed by atoms with E-state index in [-0.39, 0.29) is 11.4 Å². The third-order valence-electron chi connectivity index (χ3n) is 3.18. The molecule has 0 aliphatic rings. The van der Waals surface area contributed by atoms with E-state index in [1.54, 1.807) is 24.9 Å². The maximum absolute atomic E-state index is 12.0. The third-order valence-corrected chi connectivity index (χ3v) is 3.18. The van der Waals surface area contributed by atoms with Crippen LogP contribution in [0.4, 0.5) is 5.82 Å². The second-order valence-corrected chi connectivity index (χ2v) is 4.80. The summed E-state index contributed by atoms with van der Waals surface area (Å²) in [5.74, 6) is 0.919. The molecule has 0 spiro atoms. The second kappa shape index (κ2) is 5.28. The Balaban J connectivity index is 2.55. The Morgan fingerprint density at radius 2 is 2.05 bits per heavy atom. The molecule has 2 heterocycles. The van der Waals surface area contributed by atoms with Gasteiger partial charge in [0.25, 0.3) is 5.56 Å². The van der Waals surface area contributed by atoms with Crippen LogP contribution in [-0.2, 0) is 20.6 Å². The normalized spacial score (nSPS) is 10.4. The molecule has 0 amide bonds. The molecule has 0 aromatic carbocycles. The van der Waals surface area contributed by atoms with Crippen LogP contribution in [-0.4, -0.2) is 21.3 Å². The van der Waals surface area contributed by atoms with Gasteiger partial charge < -0.3 is 9.42 Å². The Morgan fingerprint density at radius 1 is 1.38 bits per heavy atom. The molecule has 0 aliphatic heterocycles. The first-order valence-corrected chi connectivity index (χ1v) is 6.20. The molecule has 0 saturated heterocycles. The van der Waals surface area contributed by atoms with Crippen LogP contribution >= 0.6 is 0 Å². The quantitative estimate of drug-likeness (QED) is 0.782. The molecule has 2 aromatic heterocycles. The van der Waals surface area contributed by atoms with Gasteiger partial charge in [-0.15, -0.1) is 0 Å². The first-order chi connectivity index (χ1) is 9.86. The van der Waals surface area contributed by atoms with Gasteiger partial charge in [-0.2, -0.15) is 5.26 Å². The van der Waals surface area contributed by atoms with Crippen LogP contribution in [0, 0.1) is 18.3 Å². The van der Waals surface area contributed by atoms with Crippen LogP contribution in [0.5, 0.6) is 0 Å². The fourth-order valence-electron chi connectivity index (χ4n) is 2.19. The highest BCUT2D eigenvalue weighted by atomic mass is 16.5. The van der Waals surface area contributed by atoms with Crippen LogP contribution in [0.15, 0.2) is 20.2 Å². The maximum Gasteiger partial charge on any atom is 0.332 e. The van der Waals surface area contributed by atoms with Gasteiger partial charge >= 0.3 is 5.69 Å². The molecule has 21 heavy (non-hydrogen) atoms. The summed E-state index contributed by atoms with van der Waals surface area (Å²) < 4.78 is 7.16. The smallest absolute Gasteiger partial charge is 0.332 e. The summed E-state index contributed by atoms with van der Waals surface area (Å²) >= 11 is 0. The maximum atomic E-state index is 12.0. The van der Waals surface area contributed by atoms with Gasteiger partial charge in [0.15, 0.2) is 5.56 Å². The predicted molar refractivity (Wildman–Crippen MR) is 75.0 cm³/mol. The SMILES string of the molecule is Cc1cc(CN(C)c2c(C#N)c(=O)n(C)c(=O)n2C)no1. The van der Waals surface area contributed by atoms with E-state index in [1.165, 1.54) is 18.7 Å². The third kappa shape index (κ3) is 2.45. The molecular weight excluding hydrogens is 274 g/mol. The Hall–Kier alpha value is -2.82. The summed E-state index contributed by atoms with van der Waals surface area (Å²) in [4.78, 5) is 25.6. The fourth-order valence-corrected chi connectivity index (χ4v) is 2.19. The van der Waals surface area contributed by atoms with Crippen LogP contribution in [0.25, 0.3) is 0 Å². The lowest BCUT2D eigenvalue weighted by molar-refractivity contribution is 0.390. The number of hydrogen-bond donors (Lipinski definition) is 0. The summed E-state index contributed by atoms with van der Waals surface area (Å²) in [6.45, 7) is 2.08. The predicted octanol–water partition coefficient (Wildman–Crippen LogP) is -0.111. The highest BCUT2D eigenvalue weighted by Crippen LogP contribution is 2.15. The minimum atomic E-state index is -0.612. The van der Waals surface area contributed by atoms with Crippen molar-refractivity contribution >= 4 is 5.82 Å². The second-order valence-electron chi connectivity index (χ2n) is 4.80. The van der Waals surface area contributed by atoms with Gasteiger partial charge in [0.05, 0.1) is 6.54 Å². The summed E-state index contributed by atoms with van der Waals surface area (Å²) in [6, 6.07) is 3.62. The van der Waals surface area contributed by atoms with E-state index >= 15 is 0 Å². The van der Waals surface area contributed by atoms with E-state index in [1.807, 2.05) is 6.07 Å². The van der Waals surface area contributed by atoms with Crippen molar-refractivity contribution in [2.75, 3.05) is 11.9 Å². The molecular formula is C13H15N5O3. The molecule has 8 nitrogen and oxygen atoms in total. The van der Waals surface area contributed by atoms with Crippen LogP contribution < -0.4 is 16.1 Å². The summed E-state index contributed by atoms with van der Waals surface area (Å²) in [5.41, 5.74) is -0.537. The number of aryl methyl sites for hydroxylation is 1. The van der Waals surface area contributed by atoms with Gasteiger partial charge in [-0.1, -0.05) is 5.16 Å². The zero-order chi connectivity index (χ0) is 15.7. The van der Waals surface area contributed by atoms with Gasteiger partial charge in [-0.05, 0) is 6.92 Å². The molecule has 2 aromatic rings. The van der Waals surface area contributed by atoms with Crippen molar-refractivity contribution in [1.29, 1.82) is 5.26 Å². The van der Waals surface area contributed by atoms with Gasteiger partial charge in [0.1, 0.15) is 23.3 Å². The first-order valence-electron chi connectivity index (χ1n) is 6.20. The van der Waals surface area contributed by atoms with Crippen molar-refractivity contribution in [1.82, 2.24) is 14.3 Å². The monoisotopic (exact) mass is 289 g/mol. The molecule has 0 unspecified atom stereocenters. The van der Waals surface area contributed by atoms with E-state index in [0.29, 0.717) is 18.0 Å². The molecule has 2 rings (SSSR count). The molecule has 110 valence electrons. The van der Waals surface area contributed by atoms with Crippen molar-refractivity contribution in [3.05, 3.63) is 43.9 Å². The number of rotatable bonds is 3. The molecule has 0 aliphatic carbocycles. The zero-order valence-corrected chi connectivity index (χ0v) is 12.2. The van der Waals surface area contributed by atoms with Crippen LogP contribution in [0.2, 0.25) is 0 Å². The first kappa shape index (κ1) is 14.6. The zero-order valence-electron chi connectivity index (χ0n) is 12.2. The molecule has 8 heteroatoms. The van der Waals surface area contributed by atoms with Gasteiger partial charge in [-0.25, -0.2) is 4.79 Å².